The average Bonchev–Trinajstić information content (AvgIpc) is 2.69. The number of esters is 1. The zero-order valence-corrected chi connectivity index (χ0v) is 9.21. The van der Waals surface area contributed by atoms with Gasteiger partial charge in [0.05, 0.1) is 11.8 Å². The fourth-order valence-electron chi connectivity index (χ4n) is 1.59. The molecule has 1 aromatic carbocycles. The number of para-hydroxylation sites is 1. The smallest absolute Gasteiger partial charge is 0.364 e. The molecule has 17 heavy (non-hydrogen) atoms. The molecule has 0 saturated carbocycles. The summed E-state index contributed by atoms with van der Waals surface area (Å²) in [6.45, 7) is 4.68. The third-order valence-corrected chi connectivity index (χ3v) is 2.27. The van der Waals surface area contributed by atoms with Gasteiger partial charge in [0.2, 0.25) is 5.91 Å². The Labute approximate surface area is 97.3 Å². The van der Waals surface area contributed by atoms with E-state index in [0.717, 1.165) is 6.26 Å². The molecule has 0 unspecified atom stereocenters. The Morgan fingerprint density at radius 3 is 2.76 bits per heavy atom. The Morgan fingerprint density at radius 2 is 2.12 bits per heavy atom. The molecule has 0 aliphatic heterocycles. The fraction of sp³-hybridized carbons (Fsp3) is 0.0833. The van der Waals surface area contributed by atoms with Crippen LogP contribution in [0.1, 0.15) is 22.2 Å². The number of aromatic nitrogens is 2. The van der Waals surface area contributed by atoms with Crippen molar-refractivity contribution in [1.82, 2.24) is 9.78 Å². The van der Waals surface area contributed by atoms with E-state index in [9.17, 15) is 9.59 Å². The summed E-state index contributed by atoms with van der Waals surface area (Å²) in [5.74, 6) is -0.893. The number of carbonyl (C=O) groups is 2. The lowest BCUT2D eigenvalue weighted by molar-refractivity contribution is 0.0659. The summed E-state index contributed by atoms with van der Waals surface area (Å²) in [5.41, 5.74) is 0.687. The van der Waals surface area contributed by atoms with Gasteiger partial charge in [-0.1, -0.05) is 24.8 Å². The van der Waals surface area contributed by atoms with Crippen molar-refractivity contribution in [2.45, 2.75) is 6.92 Å². The second-order valence-electron chi connectivity index (χ2n) is 3.37. The molecule has 0 amide bonds. The predicted molar refractivity (Wildman–Crippen MR) is 61.6 cm³/mol. The molecule has 0 spiro atoms. The van der Waals surface area contributed by atoms with E-state index in [4.69, 9.17) is 0 Å². The molecule has 2 rings (SSSR count). The number of ether oxygens (including phenoxy) is 1. The maximum atomic E-state index is 11.6. The molecule has 0 atom stereocenters. The van der Waals surface area contributed by atoms with E-state index in [2.05, 4.69) is 16.4 Å². The van der Waals surface area contributed by atoms with Crippen molar-refractivity contribution in [1.29, 1.82) is 0 Å². The normalized spacial score (nSPS) is 10.2. The topological polar surface area (TPSA) is 61.2 Å². The fourth-order valence-corrected chi connectivity index (χ4v) is 1.59. The van der Waals surface area contributed by atoms with E-state index in [1.54, 1.807) is 24.3 Å². The van der Waals surface area contributed by atoms with Gasteiger partial charge in [0.25, 0.3) is 0 Å². The van der Waals surface area contributed by atoms with Crippen LogP contribution in [0.2, 0.25) is 0 Å². The summed E-state index contributed by atoms with van der Waals surface area (Å²) in [7, 11) is 0. The third kappa shape index (κ3) is 1.82. The van der Waals surface area contributed by atoms with Gasteiger partial charge in [0, 0.05) is 12.3 Å². The van der Waals surface area contributed by atoms with Crippen molar-refractivity contribution >= 4 is 22.8 Å². The molecule has 0 fully saturated rings. The molecular weight excluding hydrogens is 220 g/mol. The van der Waals surface area contributed by atoms with Crippen LogP contribution in [0.15, 0.2) is 37.1 Å². The molecular formula is C12H10N2O3. The van der Waals surface area contributed by atoms with Gasteiger partial charge in [-0.3, -0.25) is 4.79 Å². The summed E-state index contributed by atoms with van der Waals surface area (Å²) >= 11 is 0. The van der Waals surface area contributed by atoms with Crippen molar-refractivity contribution in [3.8, 4) is 0 Å². The molecule has 0 radical (unpaired) electrons. The molecule has 0 bridgehead atoms. The van der Waals surface area contributed by atoms with Crippen LogP contribution in [0.5, 0.6) is 0 Å². The Hall–Kier alpha value is -2.43. The van der Waals surface area contributed by atoms with Crippen molar-refractivity contribution in [3.05, 3.63) is 42.8 Å². The summed E-state index contributed by atoms with van der Waals surface area (Å²) in [6, 6.07) is 6.96. The zero-order valence-electron chi connectivity index (χ0n) is 9.21. The summed E-state index contributed by atoms with van der Waals surface area (Å²) in [6.07, 6.45) is 1.03. The van der Waals surface area contributed by atoms with Gasteiger partial charge in [-0.25, -0.2) is 4.79 Å². The molecule has 0 aliphatic rings. The van der Waals surface area contributed by atoms with Crippen LogP contribution in [0.3, 0.4) is 0 Å². The Kier molecular flexibility index (Phi) is 2.74. The quantitative estimate of drug-likeness (QED) is 0.584. The van der Waals surface area contributed by atoms with Crippen LogP contribution in [0.25, 0.3) is 10.9 Å². The first kappa shape index (κ1) is 11.1. The van der Waals surface area contributed by atoms with Gasteiger partial charge >= 0.3 is 5.97 Å². The molecule has 1 heterocycles. The lowest BCUT2D eigenvalue weighted by atomic mass is 10.2. The first-order valence-corrected chi connectivity index (χ1v) is 4.95. The molecule has 2 aromatic rings. The molecule has 5 nitrogen and oxygen atoms in total. The van der Waals surface area contributed by atoms with Crippen molar-refractivity contribution in [3.63, 3.8) is 0 Å². The number of benzene rings is 1. The number of fused-ring (bicyclic) bond motifs is 1. The summed E-state index contributed by atoms with van der Waals surface area (Å²) in [4.78, 5) is 23.0. The van der Waals surface area contributed by atoms with E-state index in [1.807, 2.05) is 0 Å². The van der Waals surface area contributed by atoms with Crippen LogP contribution in [0, 0.1) is 0 Å². The standard InChI is InChI=1S/C12H10N2O3/c1-3-17-12(16)11-9-6-4-5-7-10(9)14(13-11)8(2)15/h3-7H,1H2,2H3. The highest BCUT2D eigenvalue weighted by Gasteiger charge is 2.18. The highest BCUT2D eigenvalue weighted by Crippen LogP contribution is 2.19. The van der Waals surface area contributed by atoms with Crippen LogP contribution >= 0.6 is 0 Å². The second-order valence-corrected chi connectivity index (χ2v) is 3.37. The van der Waals surface area contributed by atoms with Gasteiger partial charge < -0.3 is 4.74 Å². The van der Waals surface area contributed by atoms with Gasteiger partial charge in [-0.15, -0.1) is 0 Å². The SMILES string of the molecule is C=COC(=O)c1nn(C(C)=O)c2ccccc12. The first-order valence-electron chi connectivity index (χ1n) is 4.95. The van der Waals surface area contributed by atoms with E-state index < -0.39 is 5.97 Å². The second kappa shape index (κ2) is 4.21. The molecule has 0 N–H and O–H groups in total. The van der Waals surface area contributed by atoms with Gasteiger partial charge in [-0.2, -0.15) is 9.78 Å². The van der Waals surface area contributed by atoms with Crippen LogP contribution < -0.4 is 0 Å². The average molecular weight is 230 g/mol. The van der Waals surface area contributed by atoms with Crippen LogP contribution in [0.4, 0.5) is 0 Å². The van der Waals surface area contributed by atoms with Crippen molar-refractivity contribution in [2.24, 2.45) is 0 Å². The molecule has 1 aromatic heterocycles. The minimum absolute atomic E-state index is 0.107. The van der Waals surface area contributed by atoms with E-state index in [-0.39, 0.29) is 11.6 Å². The van der Waals surface area contributed by atoms with E-state index in [0.29, 0.717) is 10.9 Å². The number of hydrogen-bond donors (Lipinski definition) is 0. The maximum absolute atomic E-state index is 11.6. The molecule has 5 heteroatoms. The van der Waals surface area contributed by atoms with Crippen LogP contribution in [-0.2, 0) is 4.74 Å². The highest BCUT2D eigenvalue weighted by molar-refractivity contribution is 6.04. The Bertz CT molecular complexity index is 613. The lowest BCUT2D eigenvalue weighted by Crippen LogP contribution is -2.09. The summed E-state index contributed by atoms with van der Waals surface area (Å²) < 4.78 is 5.84. The van der Waals surface area contributed by atoms with Crippen LogP contribution in [-0.4, -0.2) is 21.7 Å². The molecule has 0 aliphatic carbocycles. The minimum atomic E-state index is -0.629. The highest BCUT2D eigenvalue weighted by atomic mass is 16.5. The monoisotopic (exact) mass is 230 g/mol. The van der Waals surface area contributed by atoms with Gasteiger partial charge in [0.15, 0.2) is 5.69 Å². The summed E-state index contributed by atoms with van der Waals surface area (Å²) in [5, 5.41) is 4.53. The Balaban J connectivity index is 2.68. The van der Waals surface area contributed by atoms with Gasteiger partial charge in [-0.05, 0) is 6.07 Å². The molecule has 86 valence electrons. The third-order valence-electron chi connectivity index (χ3n) is 2.27. The Morgan fingerprint density at radius 1 is 1.41 bits per heavy atom. The lowest BCUT2D eigenvalue weighted by Gasteiger charge is -1.94. The molecule has 0 saturated heterocycles. The minimum Gasteiger partial charge on any atom is -0.430 e. The number of carbonyl (C=O) groups excluding carboxylic acids is 2. The van der Waals surface area contributed by atoms with E-state index in [1.165, 1.54) is 11.6 Å². The first-order chi connectivity index (χ1) is 8.15. The van der Waals surface area contributed by atoms with Crippen molar-refractivity contribution < 1.29 is 14.3 Å². The van der Waals surface area contributed by atoms with Gasteiger partial charge in [0.1, 0.15) is 0 Å². The number of nitrogens with zero attached hydrogens (tertiary/aromatic N) is 2. The van der Waals surface area contributed by atoms with E-state index >= 15 is 0 Å². The zero-order chi connectivity index (χ0) is 12.4. The number of hydrogen-bond acceptors (Lipinski definition) is 4. The number of rotatable bonds is 2. The largest absolute Gasteiger partial charge is 0.430 e. The maximum Gasteiger partial charge on any atom is 0.364 e. The van der Waals surface area contributed by atoms with Crippen molar-refractivity contribution in [2.75, 3.05) is 0 Å². The predicted octanol–water partition coefficient (Wildman–Crippen LogP) is 2.00.